The van der Waals surface area contributed by atoms with Gasteiger partial charge in [0.1, 0.15) is 23.7 Å². The Kier molecular flexibility index (Phi) is 5.06. The number of hydrogen-bond donors (Lipinski definition) is 2. The van der Waals surface area contributed by atoms with E-state index in [1.807, 2.05) is 0 Å². The Labute approximate surface area is 152 Å². The molecule has 0 unspecified atom stereocenters. The maximum Gasteiger partial charge on any atom is 0.329 e. The van der Waals surface area contributed by atoms with Crippen molar-refractivity contribution in [2.45, 2.75) is 37.8 Å². The normalized spacial score (nSPS) is 22.3. The predicted octanol–water partition coefficient (Wildman–Crippen LogP) is 1.25. The number of aliphatic carboxylic acids is 1. The van der Waals surface area contributed by atoms with Gasteiger partial charge in [-0.15, -0.1) is 0 Å². The molecule has 0 aliphatic carbocycles. The second kappa shape index (κ2) is 7.29. The van der Waals surface area contributed by atoms with E-state index >= 15 is 0 Å². The molecule has 0 saturated carbocycles. The van der Waals surface area contributed by atoms with Crippen molar-refractivity contribution in [3.8, 4) is 0 Å². The quantitative estimate of drug-likeness (QED) is 0.747. The highest BCUT2D eigenvalue weighted by molar-refractivity contribution is 6.21. The van der Waals surface area contributed by atoms with Gasteiger partial charge in [-0.1, -0.05) is 0 Å². The van der Waals surface area contributed by atoms with Gasteiger partial charge in [0.25, 0.3) is 5.91 Å². The SMILES string of the molecule is O=C(O)[C@H]1CCCN1C(=O)CC[C@H]1NC(=O)N(c2ccc(F)cc2F)C1=O. The van der Waals surface area contributed by atoms with E-state index in [1.165, 1.54) is 4.90 Å². The number of benzene rings is 1. The van der Waals surface area contributed by atoms with Crippen LogP contribution in [0.25, 0.3) is 0 Å². The number of imide groups is 1. The van der Waals surface area contributed by atoms with E-state index in [1.54, 1.807) is 0 Å². The molecule has 0 aromatic heterocycles. The molecule has 27 heavy (non-hydrogen) atoms. The maximum atomic E-state index is 13.9. The lowest BCUT2D eigenvalue weighted by Gasteiger charge is -2.21. The van der Waals surface area contributed by atoms with E-state index in [-0.39, 0.29) is 18.5 Å². The van der Waals surface area contributed by atoms with Gasteiger partial charge in [0.2, 0.25) is 5.91 Å². The summed E-state index contributed by atoms with van der Waals surface area (Å²) in [5, 5.41) is 11.5. The molecule has 2 aliphatic rings. The van der Waals surface area contributed by atoms with E-state index in [0.29, 0.717) is 30.4 Å². The number of carbonyl (C=O) groups excluding carboxylic acids is 3. The van der Waals surface area contributed by atoms with E-state index in [2.05, 4.69) is 5.32 Å². The zero-order chi connectivity index (χ0) is 19.7. The Balaban J connectivity index is 1.65. The van der Waals surface area contributed by atoms with Crippen molar-refractivity contribution in [3.63, 3.8) is 0 Å². The van der Waals surface area contributed by atoms with E-state index in [9.17, 15) is 28.0 Å². The fourth-order valence-corrected chi connectivity index (χ4v) is 3.35. The van der Waals surface area contributed by atoms with E-state index < -0.39 is 47.5 Å². The number of nitrogens with zero attached hydrogens (tertiary/aromatic N) is 2. The number of anilines is 1. The zero-order valence-corrected chi connectivity index (χ0v) is 14.2. The molecule has 2 aliphatic heterocycles. The van der Waals surface area contributed by atoms with Crippen molar-refractivity contribution in [1.82, 2.24) is 10.2 Å². The van der Waals surface area contributed by atoms with Crippen molar-refractivity contribution in [3.05, 3.63) is 29.8 Å². The minimum Gasteiger partial charge on any atom is -0.480 e. The van der Waals surface area contributed by atoms with Crippen LogP contribution >= 0.6 is 0 Å². The number of urea groups is 1. The second-order valence-electron chi connectivity index (χ2n) is 6.39. The highest BCUT2D eigenvalue weighted by atomic mass is 19.1. The number of carboxylic acids is 1. The molecule has 4 amide bonds. The molecule has 144 valence electrons. The fraction of sp³-hybridized carbons (Fsp3) is 0.412. The topological polar surface area (TPSA) is 107 Å². The third kappa shape index (κ3) is 3.60. The number of amides is 4. The summed E-state index contributed by atoms with van der Waals surface area (Å²) in [7, 11) is 0. The number of carbonyl (C=O) groups is 4. The van der Waals surface area contributed by atoms with Gasteiger partial charge in [-0.25, -0.2) is 23.3 Å². The zero-order valence-electron chi connectivity index (χ0n) is 14.2. The van der Waals surface area contributed by atoms with Gasteiger partial charge in [-0.2, -0.15) is 0 Å². The summed E-state index contributed by atoms with van der Waals surface area (Å²) >= 11 is 0. The molecule has 0 spiro atoms. The summed E-state index contributed by atoms with van der Waals surface area (Å²) in [5.41, 5.74) is -0.377. The third-order valence-electron chi connectivity index (χ3n) is 4.67. The average molecular weight is 381 g/mol. The number of rotatable bonds is 5. The van der Waals surface area contributed by atoms with E-state index in [0.717, 1.165) is 12.1 Å². The third-order valence-corrected chi connectivity index (χ3v) is 4.67. The van der Waals surface area contributed by atoms with Crippen molar-refractivity contribution < 1.29 is 33.1 Å². The van der Waals surface area contributed by atoms with Crippen LogP contribution in [0.3, 0.4) is 0 Å². The van der Waals surface area contributed by atoms with Crippen LogP contribution in [-0.2, 0) is 14.4 Å². The largest absolute Gasteiger partial charge is 0.480 e. The van der Waals surface area contributed by atoms with Gasteiger partial charge in [0, 0.05) is 19.0 Å². The Morgan fingerprint density at radius 2 is 2.00 bits per heavy atom. The first-order valence-electron chi connectivity index (χ1n) is 8.41. The Bertz CT molecular complexity index is 816. The number of nitrogens with one attached hydrogen (secondary N) is 1. The summed E-state index contributed by atoms with van der Waals surface area (Å²) < 4.78 is 26.9. The van der Waals surface area contributed by atoms with Crippen LogP contribution < -0.4 is 10.2 Å². The molecule has 0 bridgehead atoms. The Morgan fingerprint density at radius 1 is 1.26 bits per heavy atom. The minimum atomic E-state index is -1.08. The van der Waals surface area contributed by atoms with Crippen molar-refractivity contribution >= 4 is 29.5 Å². The molecule has 2 atom stereocenters. The molecule has 2 fully saturated rings. The van der Waals surface area contributed by atoms with Crippen LogP contribution in [0, 0.1) is 11.6 Å². The summed E-state index contributed by atoms with van der Waals surface area (Å²) in [5.74, 6) is -4.16. The Morgan fingerprint density at radius 3 is 2.67 bits per heavy atom. The average Bonchev–Trinajstić information content (AvgIpc) is 3.19. The monoisotopic (exact) mass is 381 g/mol. The first-order chi connectivity index (χ1) is 12.8. The van der Waals surface area contributed by atoms with Crippen LogP contribution in [0.5, 0.6) is 0 Å². The Hall–Kier alpha value is -3.04. The molecule has 2 saturated heterocycles. The van der Waals surface area contributed by atoms with Crippen LogP contribution in [0.15, 0.2) is 18.2 Å². The van der Waals surface area contributed by atoms with Crippen molar-refractivity contribution in [1.29, 1.82) is 0 Å². The fourth-order valence-electron chi connectivity index (χ4n) is 3.35. The first kappa shape index (κ1) is 18.7. The molecule has 8 nitrogen and oxygen atoms in total. The van der Waals surface area contributed by atoms with Gasteiger partial charge in [0.15, 0.2) is 0 Å². The van der Waals surface area contributed by atoms with Gasteiger partial charge in [-0.05, 0) is 31.4 Å². The standard InChI is InChI=1S/C17H17F2N3O5/c18-9-3-5-12(10(19)8-9)22-15(24)11(20-17(22)27)4-6-14(23)21-7-1-2-13(21)16(25)26/h3,5,8,11,13H,1-2,4,6-7H2,(H,20,27)(H,25,26)/t11-,13-/m1/s1. The van der Waals surface area contributed by atoms with Gasteiger partial charge < -0.3 is 15.3 Å². The van der Waals surface area contributed by atoms with Gasteiger partial charge in [-0.3, -0.25) is 9.59 Å². The van der Waals surface area contributed by atoms with E-state index in [4.69, 9.17) is 5.11 Å². The molecule has 2 N–H and O–H groups in total. The summed E-state index contributed by atoms with van der Waals surface area (Å²) in [6.45, 7) is 0.327. The second-order valence-corrected chi connectivity index (χ2v) is 6.39. The summed E-state index contributed by atoms with van der Waals surface area (Å²) in [4.78, 5) is 49.7. The lowest BCUT2D eigenvalue weighted by molar-refractivity contribution is -0.148. The molecule has 2 heterocycles. The highest BCUT2D eigenvalue weighted by Gasteiger charge is 2.41. The number of halogens is 2. The van der Waals surface area contributed by atoms with Crippen LogP contribution in [-0.4, -0.2) is 52.4 Å². The first-order valence-corrected chi connectivity index (χ1v) is 8.41. The maximum absolute atomic E-state index is 13.9. The van der Waals surface area contributed by atoms with Crippen molar-refractivity contribution in [2.24, 2.45) is 0 Å². The summed E-state index contributed by atoms with van der Waals surface area (Å²) in [6.07, 6.45) is 0.767. The molecule has 1 aromatic carbocycles. The smallest absolute Gasteiger partial charge is 0.329 e. The number of carboxylic acid groups (broad SMARTS) is 1. The molecule has 3 rings (SSSR count). The lowest BCUT2D eigenvalue weighted by Crippen LogP contribution is -2.41. The highest BCUT2D eigenvalue weighted by Crippen LogP contribution is 2.25. The molecule has 10 heteroatoms. The number of hydrogen-bond acceptors (Lipinski definition) is 4. The molecule has 1 aromatic rings. The molecule has 0 radical (unpaired) electrons. The lowest BCUT2D eigenvalue weighted by atomic mass is 10.1. The summed E-state index contributed by atoms with van der Waals surface area (Å²) in [6, 6.07) is -0.320. The van der Waals surface area contributed by atoms with Crippen LogP contribution in [0.2, 0.25) is 0 Å². The van der Waals surface area contributed by atoms with Crippen LogP contribution in [0.4, 0.5) is 19.3 Å². The molecular formula is C17H17F2N3O5. The van der Waals surface area contributed by atoms with Gasteiger partial charge >= 0.3 is 12.0 Å². The van der Waals surface area contributed by atoms with Gasteiger partial charge in [0.05, 0.1) is 5.69 Å². The minimum absolute atomic E-state index is 0.0500. The van der Waals surface area contributed by atoms with Crippen LogP contribution in [0.1, 0.15) is 25.7 Å². The predicted molar refractivity (Wildman–Crippen MR) is 87.8 cm³/mol. The van der Waals surface area contributed by atoms with Crippen molar-refractivity contribution in [2.75, 3.05) is 11.4 Å². The molecular weight excluding hydrogens is 364 g/mol. The number of likely N-dealkylation sites (tertiary alicyclic amines) is 1.